The van der Waals surface area contributed by atoms with Crippen molar-refractivity contribution in [3.63, 3.8) is 0 Å². The molecule has 0 aliphatic rings. The second-order valence-corrected chi connectivity index (χ2v) is 6.11. The first kappa shape index (κ1) is 20.2. The number of nitrogens with two attached hydrogens (primary N) is 1. The molecule has 2 aromatic carbocycles. The number of ether oxygens (including phenoxy) is 1. The molecule has 0 aromatic heterocycles. The molecule has 0 heterocycles. The molecule has 0 aliphatic carbocycles. The van der Waals surface area contributed by atoms with Crippen LogP contribution in [0.2, 0.25) is 0 Å². The highest BCUT2D eigenvalue weighted by molar-refractivity contribution is 6.00. The second-order valence-electron chi connectivity index (χ2n) is 6.11. The van der Waals surface area contributed by atoms with Crippen molar-refractivity contribution < 1.29 is 19.1 Å². The normalized spacial score (nSPS) is 11.4. The van der Waals surface area contributed by atoms with Crippen molar-refractivity contribution in [2.24, 2.45) is 5.73 Å². The molecule has 6 nitrogen and oxygen atoms in total. The maximum Gasteiger partial charge on any atom is 0.312 e. The largest absolute Gasteiger partial charge is 0.449 e. The average molecular weight is 368 g/mol. The van der Waals surface area contributed by atoms with Crippen molar-refractivity contribution in [3.05, 3.63) is 71.8 Å². The molecule has 0 unspecified atom stereocenters. The number of Topliss-reactive ketones (excluding diaryl/α,β-unsaturated/α-hetero) is 1. The quantitative estimate of drug-likeness (QED) is 0.381. The molecule has 3 N–H and O–H groups in total. The number of unbranched alkanes of at least 4 members (excludes halogenated alkanes) is 2. The number of rotatable bonds is 10. The standard InChI is InChI=1S/C21H24N2O4/c22-21(26)23-15-9-3-8-14-18(24)27-20(17-12-6-2-7-13-17)19(25)16-10-4-1-5-11-16/h1-2,4-7,10-13,20H,3,8-9,14-15H2,(H3,22,23,26)/t20-/m1/s1. The Hall–Kier alpha value is -3.15. The van der Waals surface area contributed by atoms with Gasteiger partial charge < -0.3 is 15.8 Å². The molecule has 0 bridgehead atoms. The van der Waals surface area contributed by atoms with Gasteiger partial charge in [-0.15, -0.1) is 0 Å². The van der Waals surface area contributed by atoms with Crippen LogP contribution in [-0.4, -0.2) is 24.3 Å². The third-order valence-electron chi connectivity index (χ3n) is 4.00. The van der Waals surface area contributed by atoms with Crippen molar-refractivity contribution in [1.82, 2.24) is 5.32 Å². The fourth-order valence-corrected chi connectivity index (χ4v) is 2.63. The lowest BCUT2D eigenvalue weighted by molar-refractivity contribution is -0.147. The minimum Gasteiger partial charge on any atom is -0.449 e. The van der Waals surface area contributed by atoms with Gasteiger partial charge in [0.05, 0.1) is 0 Å². The van der Waals surface area contributed by atoms with E-state index in [1.165, 1.54) is 0 Å². The first-order chi connectivity index (χ1) is 13.1. The first-order valence-corrected chi connectivity index (χ1v) is 8.95. The number of ketones is 1. The van der Waals surface area contributed by atoms with Gasteiger partial charge in [0.25, 0.3) is 0 Å². The van der Waals surface area contributed by atoms with Gasteiger partial charge in [-0.25, -0.2) is 4.79 Å². The molecule has 6 heteroatoms. The first-order valence-electron chi connectivity index (χ1n) is 8.95. The molecule has 142 valence electrons. The number of esters is 1. The van der Waals surface area contributed by atoms with Gasteiger partial charge in [0, 0.05) is 24.1 Å². The molecule has 0 saturated carbocycles. The number of carbonyl (C=O) groups excluding carboxylic acids is 3. The molecule has 2 rings (SSSR count). The Morgan fingerprint density at radius 3 is 2.15 bits per heavy atom. The van der Waals surface area contributed by atoms with Crippen LogP contribution in [0.3, 0.4) is 0 Å². The predicted molar refractivity (Wildman–Crippen MR) is 102 cm³/mol. The summed E-state index contributed by atoms with van der Waals surface area (Å²) in [5.74, 6) is -0.670. The van der Waals surface area contributed by atoms with Gasteiger partial charge in [0.1, 0.15) is 0 Å². The van der Waals surface area contributed by atoms with Crippen LogP contribution in [0.15, 0.2) is 60.7 Å². The summed E-state index contributed by atoms with van der Waals surface area (Å²) in [5.41, 5.74) is 6.13. The van der Waals surface area contributed by atoms with Crippen molar-refractivity contribution in [3.8, 4) is 0 Å². The third kappa shape index (κ3) is 6.93. The predicted octanol–water partition coefficient (Wildman–Crippen LogP) is 3.38. The van der Waals surface area contributed by atoms with Gasteiger partial charge in [-0.1, -0.05) is 67.1 Å². The maximum atomic E-state index is 12.8. The molecule has 0 radical (unpaired) electrons. The Balaban J connectivity index is 1.93. The lowest BCUT2D eigenvalue weighted by Gasteiger charge is -2.17. The Kier molecular flexibility index (Phi) is 8.03. The zero-order chi connectivity index (χ0) is 19.5. The Morgan fingerprint density at radius 2 is 1.52 bits per heavy atom. The number of urea groups is 1. The van der Waals surface area contributed by atoms with Crippen LogP contribution in [0.25, 0.3) is 0 Å². The highest BCUT2D eigenvalue weighted by Crippen LogP contribution is 2.23. The Bertz CT molecular complexity index is 747. The monoisotopic (exact) mass is 368 g/mol. The van der Waals surface area contributed by atoms with Gasteiger partial charge in [0.2, 0.25) is 5.78 Å². The van der Waals surface area contributed by atoms with Crippen molar-refractivity contribution >= 4 is 17.8 Å². The third-order valence-corrected chi connectivity index (χ3v) is 4.00. The van der Waals surface area contributed by atoms with Crippen LogP contribution in [0.4, 0.5) is 4.79 Å². The molecule has 0 spiro atoms. The molecule has 0 fully saturated rings. The van der Waals surface area contributed by atoms with Crippen LogP contribution in [0.1, 0.15) is 47.7 Å². The molecular formula is C21H24N2O4. The van der Waals surface area contributed by atoms with Crippen LogP contribution < -0.4 is 11.1 Å². The minimum absolute atomic E-state index is 0.210. The minimum atomic E-state index is -0.961. The lowest BCUT2D eigenvalue weighted by Crippen LogP contribution is -2.29. The van der Waals surface area contributed by atoms with Crippen molar-refractivity contribution in [2.45, 2.75) is 31.8 Å². The molecule has 2 aromatic rings. The zero-order valence-corrected chi connectivity index (χ0v) is 15.1. The number of hydrogen-bond acceptors (Lipinski definition) is 4. The molecule has 0 saturated heterocycles. The molecule has 27 heavy (non-hydrogen) atoms. The highest BCUT2D eigenvalue weighted by atomic mass is 16.5. The second kappa shape index (κ2) is 10.8. The van der Waals surface area contributed by atoms with E-state index in [2.05, 4.69) is 5.32 Å². The summed E-state index contributed by atoms with van der Waals surface area (Å²) >= 11 is 0. The van der Waals surface area contributed by atoms with Gasteiger partial charge >= 0.3 is 12.0 Å². The zero-order valence-electron chi connectivity index (χ0n) is 15.1. The van der Waals surface area contributed by atoms with Gasteiger partial charge in [-0.3, -0.25) is 9.59 Å². The summed E-state index contributed by atoms with van der Waals surface area (Å²) in [5, 5.41) is 2.50. The summed E-state index contributed by atoms with van der Waals surface area (Å²) in [6.07, 6.45) is 1.33. The molecule has 1 atom stereocenters. The van der Waals surface area contributed by atoms with Gasteiger partial charge in [-0.05, 0) is 12.8 Å². The van der Waals surface area contributed by atoms with E-state index in [-0.39, 0.29) is 12.2 Å². The van der Waals surface area contributed by atoms with Gasteiger partial charge in [-0.2, -0.15) is 0 Å². The molecular weight excluding hydrogens is 344 g/mol. The summed E-state index contributed by atoms with van der Waals surface area (Å²) in [6.45, 7) is 0.476. The molecule has 0 aliphatic heterocycles. The summed E-state index contributed by atoms with van der Waals surface area (Å²) in [4.78, 5) is 35.7. The maximum absolute atomic E-state index is 12.8. The number of benzene rings is 2. The smallest absolute Gasteiger partial charge is 0.312 e. The highest BCUT2D eigenvalue weighted by Gasteiger charge is 2.25. The molecule has 2 amide bonds. The van der Waals surface area contributed by atoms with Crippen molar-refractivity contribution in [1.29, 1.82) is 0 Å². The Morgan fingerprint density at radius 1 is 0.889 bits per heavy atom. The van der Waals surface area contributed by atoms with Crippen LogP contribution >= 0.6 is 0 Å². The van der Waals surface area contributed by atoms with Crippen LogP contribution in [-0.2, 0) is 9.53 Å². The summed E-state index contributed by atoms with van der Waals surface area (Å²) < 4.78 is 5.52. The number of amides is 2. The van der Waals surface area contributed by atoms with Crippen LogP contribution in [0, 0.1) is 0 Å². The Labute approximate surface area is 158 Å². The fraction of sp³-hybridized carbons (Fsp3) is 0.286. The van der Waals surface area contributed by atoms with E-state index in [1.54, 1.807) is 48.5 Å². The van der Waals surface area contributed by atoms with E-state index in [0.29, 0.717) is 24.1 Å². The summed E-state index contributed by atoms with van der Waals surface area (Å²) in [6, 6.07) is 17.2. The number of hydrogen-bond donors (Lipinski definition) is 2. The van der Waals surface area contributed by atoms with Gasteiger partial charge in [0.15, 0.2) is 6.10 Å². The average Bonchev–Trinajstić information content (AvgIpc) is 2.69. The number of carbonyl (C=O) groups is 3. The van der Waals surface area contributed by atoms with E-state index < -0.39 is 18.1 Å². The lowest BCUT2D eigenvalue weighted by atomic mass is 10.00. The fourth-order valence-electron chi connectivity index (χ4n) is 2.63. The summed E-state index contributed by atoms with van der Waals surface area (Å²) in [7, 11) is 0. The van der Waals surface area contributed by atoms with E-state index in [1.807, 2.05) is 12.1 Å². The number of primary amides is 1. The van der Waals surface area contributed by atoms with Crippen LogP contribution in [0.5, 0.6) is 0 Å². The number of nitrogens with one attached hydrogen (secondary N) is 1. The topological polar surface area (TPSA) is 98.5 Å². The van der Waals surface area contributed by atoms with E-state index >= 15 is 0 Å². The SMILES string of the molecule is NC(=O)NCCCCCC(=O)O[C@@H](C(=O)c1ccccc1)c1ccccc1. The van der Waals surface area contributed by atoms with E-state index in [0.717, 1.165) is 12.8 Å². The van der Waals surface area contributed by atoms with E-state index in [9.17, 15) is 14.4 Å². The van der Waals surface area contributed by atoms with E-state index in [4.69, 9.17) is 10.5 Å². The van der Waals surface area contributed by atoms with Crippen molar-refractivity contribution in [2.75, 3.05) is 6.54 Å².